The fourth-order valence-corrected chi connectivity index (χ4v) is 1.51. The number of imidazole rings is 1. The van der Waals surface area contributed by atoms with Crippen LogP contribution in [-0.2, 0) is 6.42 Å². The number of carbonyl (C=O) groups excluding carboxylic acids is 1. The van der Waals surface area contributed by atoms with Crippen molar-refractivity contribution in [2.24, 2.45) is 0 Å². The molecule has 1 heterocycles. The molecule has 1 aromatic heterocycles. The topological polar surface area (TPSA) is 67.0 Å². The van der Waals surface area contributed by atoms with Gasteiger partial charge in [-0.1, -0.05) is 18.2 Å². The minimum atomic E-state index is -0.430. The number of hydrogen-bond acceptors (Lipinski definition) is 3. The lowest BCUT2D eigenvalue weighted by Gasteiger charge is -2.05. The van der Waals surface area contributed by atoms with Crippen molar-refractivity contribution in [2.75, 3.05) is 6.54 Å². The highest BCUT2D eigenvalue weighted by atomic mass is 16.5. The quantitative estimate of drug-likeness (QED) is 0.793. The summed E-state index contributed by atoms with van der Waals surface area (Å²) in [5.41, 5.74) is 0. The molecule has 18 heavy (non-hydrogen) atoms. The second-order valence-corrected chi connectivity index (χ2v) is 3.77. The van der Waals surface area contributed by atoms with Crippen molar-refractivity contribution in [1.29, 1.82) is 0 Å². The number of para-hydroxylation sites is 1. The number of aromatic amines is 1. The van der Waals surface area contributed by atoms with Crippen molar-refractivity contribution in [3.05, 3.63) is 48.5 Å². The number of rotatable bonds is 5. The fraction of sp³-hybridized carbons (Fsp3) is 0.231. The number of H-pyrrole nitrogens is 1. The van der Waals surface area contributed by atoms with Crippen LogP contribution in [-0.4, -0.2) is 22.6 Å². The van der Waals surface area contributed by atoms with Gasteiger partial charge in [0.1, 0.15) is 11.6 Å². The van der Waals surface area contributed by atoms with E-state index in [0.717, 1.165) is 18.7 Å². The third-order valence-corrected chi connectivity index (χ3v) is 2.37. The number of nitrogens with zero attached hydrogens (tertiary/aromatic N) is 1. The molecule has 0 spiro atoms. The number of hydrogen-bond donors (Lipinski definition) is 2. The van der Waals surface area contributed by atoms with Gasteiger partial charge in [-0.3, -0.25) is 0 Å². The van der Waals surface area contributed by atoms with Crippen LogP contribution < -0.4 is 10.1 Å². The second-order valence-electron chi connectivity index (χ2n) is 3.77. The summed E-state index contributed by atoms with van der Waals surface area (Å²) >= 11 is 0. The summed E-state index contributed by atoms with van der Waals surface area (Å²) in [6.45, 7) is 0.562. The van der Waals surface area contributed by atoms with Crippen molar-refractivity contribution in [1.82, 2.24) is 15.3 Å². The van der Waals surface area contributed by atoms with E-state index in [1.807, 2.05) is 18.2 Å². The number of aromatic nitrogens is 2. The van der Waals surface area contributed by atoms with E-state index < -0.39 is 6.09 Å². The number of amides is 1. The van der Waals surface area contributed by atoms with E-state index in [-0.39, 0.29) is 0 Å². The predicted molar refractivity (Wildman–Crippen MR) is 67.4 cm³/mol. The highest BCUT2D eigenvalue weighted by molar-refractivity contribution is 5.70. The molecule has 0 unspecified atom stereocenters. The SMILES string of the molecule is O=C(NCCCc1ncc[nH]1)Oc1ccccc1. The lowest BCUT2D eigenvalue weighted by Crippen LogP contribution is -2.28. The molecule has 2 rings (SSSR count). The van der Waals surface area contributed by atoms with Crippen molar-refractivity contribution >= 4 is 6.09 Å². The van der Waals surface area contributed by atoms with Gasteiger partial charge in [-0.15, -0.1) is 0 Å². The Labute approximate surface area is 105 Å². The molecule has 0 bridgehead atoms. The Balaban J connectivity index is 1.63. The molecule has 0 aliphatic carbocycles. The lowest BCUT2D eigenvalue weighted by atomic mass is 10.3. The number of ether oxygens (including phenoxy) is 1. The van der Waals surface area contributed by atoms with E-state index in [9.17, 15) is 4.79 Å². The van der Waals surface area contributed by atoms with Crippen LogP contribution in [0.3, 0.4) is 0 Å². The minimum absolute atomic E-state index is 0.430. The first-order chi connectivity index (χ1) is 8.84. The van der Waals surface area contributed by atoms with Gasteiger partial charge in [0.2, 0.25) is 0 Å². The molecule has 0 saturated heterocycles. The Kier molecular flexibility index (Phi) is 4.35. The van der Waals surface area contributed by atoms with Gasteiger partial charge in [-0.05, 0) is 18.6 Å². The molecule has 2 N–H and O–H groups in total. The average Bonchev–Trinajstić information content (AvgIpc) is 2.89. The Morgan fingerprint density at radius 1 is 1.33 bits per heavy atom. The Morgan fingerprint density at radius 2 is 2.17 bits per heavy atom. The van der Waals surface area contributed by atoms with Crippen LogP contribution in [0.1, 0.15) is 12.2 Å². The molecule has 0 saturated carbocycles. The van der Waals surface area contributed by atoms with Crippen molar-refractivity contribution in [3.8, 4) is 5.75 Å². The third-order valence-electron chi connectivity index (χ3n) is 2.37. The van der Waals surface area contributed by atoms with E-state index in [2.05, 4.69) is 15.3 Å². The highest BCUT2D eigenvalue weighted by Gasteiger charge is 2.02. The van der Waals surface area contributed by atoms with Gasteiger partial charge < -0.3 is 15.0 Å². The molecule has 0 radical (unpaired) electrons. The third kappa shape index (κ3) is 3.93. The maximum Gasteiger partial charge on any atom is 0.412 e. The summed E-state index contributed by atoms with van der Waals surface area (Å²) < 4.78 is 5.08. The van der Waals surface area contributed by atoms with Gasteiger partial charge >= 0.3 is 6.09 Å². The zero-order valence-corrected chi connectivity index (χ0v) is 9.93. The highest BCUT2D eigenvalue weighted by Crippen LogP contribution is 2.07. The monoisotopic (exact) mass is 245 g/mol. The lowest BCUT2D eigenvalue weighted by molar-refractivity contribution is 0.200. The van der Waals surface area contributed by atoms with Crippen LogP contribution in [0.2, 0.25) is 0 Å². The van der Waals surface area contributed by atoms with Gasteiger partial charge in [0.15, 0.2) is 0 Å². The number of nitrogens with one attached hydrogen (secondary N) is 2. The molecule has 1 amide bonds. The van der Waals surface area contributed by atoms with Gasteiger partial charge in [-0.25, -0.2) is 9.78 Å². The van der Waals surface area contributed by atoms with Crippen LogP contribution >= 0.6 is 0 Å². The molecular weight excluding hydrogens is 230 g/mol. The minimum Gasteiger partial charge on any atom is -0.410 e. The van der Waals surface area contributed by atoms with E-state index in [1.165, 1.54) is 0 Å². The van der Waals surface area contributed by atoms with Gasteiger partial charge in [0.05, 0.1) is 0 Å². The molecule has 0 aliphatic heterocycles. The van der Waals surface area contributed by atoms with E-state index in [0.29, 0.717) is 12.3 Å². The zero-order chi connectivity index (χ0) is 12.6. The molecular formula is C13H15N3O2. The summed E-state index contributed by atoms with van der Waals surface area (Å²) in [4.78, 5) is 18.5. The molecule has 5 heteroatoms. The molecule has 1 aromatic carbocycles. The smallest absolute Gasteiger partial charge is 0.410 e. The van der Waals surface area contributed by atoms with E-state index in [1.54, 1.807) is 24.5 Å². The maximum atomic E-state index is 11.4. The average molecular weight is 245 g/mol. The summed E-state index contributed by atoms with van der Waals surface area (Å²) in [6.07, 6.45) is 4.69. The van der Waals surface area contributed by atoms with Crippen molar-refractivity contribution < 1.29 is 9.53 Å². The van der Waals surface area contributed by atoms with Crippen LogP contribution in [0.15, 0.2) is 42.7 Å². The molecule has 0 fully saturated rings. The Morgan fingerprint density at radius 3 is 2.89 bits per heavy atom. The normalized spacial score (nSPS) is 10.0. The maximum absolute atomic E-state index is 11.4. The zero-order valence-electron chi connectivity index (χ0n) is 9.93. The molecule has 2 aromatic rings. The van der Waals surface area contributed by atoms with Crippen molar-refractivity contribution in [3.63, 3.8) is 0 Å². The number of benzene rings is 1. The van der Waals surface area contributed by atoms with Crippen LogP contribution in [0, 0.1) is 0 Å². The molecule has 0 atom stereocenters. The first-order valence-electron chi connectivity index (χ1n) is 5.83. The predicted octanol–water partition coefficient (Wildman–Crippen LogP) is 2.13. The second kappa shape index (κ2) is 6.44. The van der Waals surface area contributed by atoms with Crippen LogP contribution in [0.4, 0.5) is 4.79 Å². The first-order valence-corrected chi connectivity index (χ1v) is 5.83. The molecule has 0 aliphatic rings. The van der Waals surface area contributed by atoms with Gasteiger partial charge in [0.25, 0.3) is 0 Å². The van der Waals surface area contributed by atoms with Gasteiger partial charge in [0, 0.05) is 25.4 Å². The van der Waals surface area contributed by atoms with Crippen LogP contribution in [0.25, 0.3) is 0 Å². The summed E-state index contributed by atoms with van der Waals surface area (Å²) in [6, 6.07) is 8.98. The van der Waals surface area contributed by atoms with E-state index in [4.69, 9.17) is 4.74 Å². The summed E-state index contributed by atoms with van der Waals surface area (Å²) in [7, 11) is 0. The largest absolute Gasteiger partial charge is 0.412 e. The Bertz CT molecular complexity index is 468. The standard InChI is InChI=1S/C13H15N3O2/c17-13(18-11-5-2-1-3-6-11)16-8-4-7-12-14-9-10-15-12/h1-3,5-6,9-10H,4,7-8H2,(H,14,15)(H,16,17). The number of aryl methyl sites for hydroxylation is 1. The van der Waals surface area contributed by atoms with Crippen molar-refractivity contribution in [2.45, 2.75) is 12.8 Å². The molecule has 5 nitrogen and oxygen atoms in total. The summed E-state index contributed by atoms with van der Waals surface area (Å²) in [5, 5.41) is 2.69. The Hall–Kier alpha value is -2.30. The molecule has 94 valence electrons. The van der Waals surface area contributed by atoms with Crippen LogP contribution in [0.5, 0.6) is 5.75 Å². The number of carbonyl (C=O) groups is 1. The summed E-state index contributed by atoms with van der Waals surface area (Å²) in [5.74, 6) is 1.47. The van der Waals surface area contributed by atoms with Gasteiger partial charge in [-0.2, -0.15) is 0 Å². The first kappa shape index (κ1) is 12.2. The van der Waals surface area contributed by atoms with E-state index >= 15 is 0 Å². The fourth-order valence-electron chi connectivity index (χ4n) is 1.51.